The molecule has 0 heterocycles. The SMILES string of the molecule is O=C(O)CCCCCC[C@@H]1[C@@H](C#CCC(O)C2(Cc3ccc(Cl)cc3)CCC2)[C@H](O)C[C@H]1Cl. The van der Waals surface area contributed by atoms with Crippen LogP contribution in [0.15, 0.2) is 24.3 Å². The Morgan fingerprint density at radius 1 is 1.15 bits per heavy atom. The Hall–Kier alpha value is -1.25. The third kappa shape index (κ3) is 7.36. The lowest BCUT2D eigenvalue weighted by Gasteiger charge is -2.45. The molecule has 0 radical (unpaired) electrons. The highest BCUT2D eigenvalue weighted by Gasteiger charge is 2.43. The molecule has 0 bridgehead atoms. The minimum atomic E-state index is -0.746. The molecule has 2 aliphatic carbocycles. The van der Waals surface area contributed by atoms with Crippen molar-refractivity contribution in [1.82, 2.24) is 0 Å². The smallest absolute Gasteiger partial charge is 0.303 e. The Kier molecular flexibility index (Phi) is 9.95. The molecule has 1 aromatic carbocycles. The zero-order valence-corrected chi connectivity index (χ0v) is 20.7. The summed E-state index contributed by atoms with van der Waals surface area (Å²) in [6.07, 6.45) is 8.52. The van der Waals surface area contributed by atoms with E-state index in [0.717, 1.165) is 56.4 Å². The summed E-state index contributed by atoms with van der Waals surface area (Å²) in [4.78, 5) is 10.6. The van der Waals surface area contributed by atoms with E-state index in [-0.39, 0.29) is 29.0 Å². The molecule has 0 spiro atoms. The average molecular weight is 495 g/mol. The van der Waals surface area contributed by atoms with Gasteiger partial charge in [0.05, 0.1) is 18.1 Å². The first-order valence-corrected chi connectivity index (χ1v) is 13.1. The molecule has 0 aromatic heterocycles. The predicted molar refractivity (Wildman–Crippen MR) is 132 cm³/mol. The molecule has 0 aliphatic heterocycles. The van der Waals surface area contributed by atoms with Gasteiger partial charge >= 0.3 is 5.97 Å². The van der Waals surface area contributed by atoms with E-state index >= 15 is 0 Å². The fourth-order valence-electron chi connectivity index (χ4n) is 5.39. The van der Waals surface area contributed by atoms with Gasteiger partial charge in [-0.05, 0) is 62.1 Å². The van der Waals surface area contributed by atoms with Crippen molar-refractivity contribution in [3.63, 3.8) is 0 Å². The summed E-state index contributed by atoms with van der Waals surface area (Å²) >= 11 is 12.5. The van der Waals surface area contributed by atoms with Crippen molar-refractivity contribution in [2.75, 3.05) is 0 Å². The van der Waals surface area contributed by atoms with Crippen LogP contribution in [0, 0.1) is 29.1 Å². The topological polar surface area (TPSA) is 77.8 Å². The molecule has 1 unspecified atom stereocenters. The second kappa shape index (κ2) is 12.5. The van der Waals surface area contributed by atoms with Crippen LogP contribution in [0.2, 0.25) is 5.02 Å². The third-order valence-corrected chi connectivity index (χ3v) is 8.33. The van der Waals surface area contributed by atoms with E-state index in [1.165, 1.54) is 5.56 Å². The van der Waals surface area contributed by atoms with Gasteiger partial charge in [-0.3, -0.25) is 4.79 Å². The van der Waals surface area contributed by atoms with Gasteiger partial charge < -0.3 is 15.3 Å². The summed E-state index contributed by atoms with van der Waals surface area (Å²) in [5.41, 5.74) is 1.06. The standard InChI is InChI=1S/C27H36Cl2O4/c28-20-13-11-19(12-14-20)18-27(15-6-16-27)25(31)9-5-8-22-21(23(29)17-24(22)30)7-3-1-2-4-10-26(32)33/h11-14,21-25,30-31H,1-4,6-7,9-10,15-18H2,(H,32,33)/t21-,22-,23-,24-,25?/m1/s1. The Morgan fingerprint density at radius 3 is 2.48 bits per heavy atom. The number of carbonyl (C=O) groups is 1. The molecular weight excluding hydrogens is 459 g/mol. The largest absolute Gasteiger partial charge is 0.481 e. The molecule has 2 aliphatic rings. The van der Waals surface area contributed by atoms with Gasteiger partial charge in [0.2, 0.25) is 0 Å². The van der Waals surface area contributed by atoms with E-state index in [0.29, 0.717) is 19.3 Å². The summed E-state index contributed by atoms with van der Waals surface area (Å²) in [5.74, 6) is 5.69. The monoisotopic (exact) mass is 494 g/mol. The Labute approximate surface area is 207 Å². The lowest BCUT2D eigenvalue weighted by atomic mass is 9.61. The molecule has 4 nitrogen and oxygen atoms in total. The summed E-state index contributed by atoms with van der Waals surface area (Å²) in [5, 5.41) is 30.9. The van der Waals surface area contributed by atoms with Crippen LogP contribution in [0.5, 0.6) is 0 Å². The van der Waals surface area contributed by atoms with Crippen molar-refractivity contribution in [3.8, 4) is 11.8 Å². The summed E-state index contributed by atoms with van der Waals surface area (Å²) < 4.78 is 0. The fraction of sp³-hybridized carbons (Fsp3) is 0.667. The van der Waals surface area contributed by atoms with Crippen LogP contribution in [0.4, 0.5) is 0 Å². The van der Waals surface area contributed by atoms with Crippen LogP contribution in [-0.4, -0.2) is 38.9 Å². The first-order chi connectivity index (χ1) is 15.8. The Balaban J connectivity index is 1.52. The van der Waals surface area contributed by atoms with E-state index in [1.54, 1.807) is 0 Å². The second-order valence-corrected chi connectivity index (χ2v) is 10.9. The zero-order valence-electron chi connectivity index (χ0n) is 19.2. The summed E-state index contributed by atoms with van der Waals surface area (Å²) in [6, 6.07) is 7.85. The number of aliphatic hydroxyl groups excluding tert-OH is 2. The highest BCUT2D eigenvalue weighted by atomic mass is 35.5. The summed E-state index contributed by atoms with van der Waals surface area (Å²) in [7, 11) is 0. The molecule has 6 heteroatoms. The number of halogens is 2. The molecular formula is C27H36Cl2O4. The van der Waals surface area contributed by atoms with Crippen LogP contribution in [0.25, 0.3) is 0 Å². The van der Waals surface area contributed by atoms with Gasteiger partial charge in [-0.1, -0.05) is 55.3 Å². The summed E-state index contributed by atoms with van der Waals surface area (Å²) in [6.45, 7) is 0. The van der Waals surface area contributed by atoms with Crippen LogP contribution in [-0.2, 0) is 11.2 Å². The van der Waals surface area contributed by atoms with Crippen LogP contribution in [0.3, 0.4) is 0 Å². The lowest BCUT2D eigenvalue weighted by Crippen LogP contribution is -2.43. The van der Waals surface area contributed by atoms with Crippen molar-refractivity contribution < 1.29 is 20.1 Å². The Morgan fingerprint density at radius 2 is 1.85 bits per heavy atom. The molecule has 0 amide bonds. The molecule has 0 saturated heterocycles. The number of hydrogen-bond donors (Lipinski definition) is 3. The number of aliphatic hydroxyl groups is 2. The average Bonchev–Trinajstić information content (AvgIpc) is 3.01. The van der Waals surface area contributed by atoms with E-state index in [9.17, 15) is 15.0 Å². The van der Waals surface area contributed by atoms with Crippen molar-refractivity contribution in [2.24, 2.45) is 17.3 Å². The van der Waals surface area contributed by atoms with Crippen LogP contribution in [0.1, 0.15) is 76.2 Å². The van der Waals surface area contributed by atoms with E-state index in [1.807, 2.05) is 24.3 Å². The van der Waals surface area contributed by atoms with Gasteiger partial charge in [0, 0.05) is 28.7 Å². The van der Waals surface area contributed by atoms with Crippen molar-refractivity contribution >= 4 is 29.2 Å². The van der Waals surface area contributed by atoms with E-state index in [4.69, 9.17) is 28.3 Å². The predicted octanol–water partition coefficient (Wildman–Crippen LogP) is 5.84. The number of aliphatic carboxylic acids is 1. The Bertz CT molecular complexity index is 825. The number of hydrogen-bond acceptors (Lipinski definition) is 3. The van der Waals surface area contributed by atoms with Gasteiger partial charge in [0.15, 0.2) is 0 Å². The lowest BCUT2D eigenvalue weighted by molar-refractivity contribution is -0.137. The van der Waals surface area contributed by atoms with Crippen LogP contribution < -0.4 is 0 Å². The molecule has 33 heavy (non-hydrogen) atoms. The molecule has 2 fully saturated rings. The third-order valence-electron chi connectivity index (χ3n) is 7.57. The number of unbranched alkanes of at least 4 members (excludes halogenated alkanes) is 3. The number of rotatable bonds is 11. The van der Waals surface area contributed by atoms with E-state index in [2.05, 4.69) is 11.8 Å². The van der Waals surface area contributed by atoms with Gasteiger partial charge in [-0.2, -0.15) is 0 Å². The molecule has 3 N–H and O–H groups in total. The van der Waals surface area contributed by atoms with Gasteiger partial charge in [0.1, 0.15) is 0 Å². The molecule has 1 aromatic rings. The molecule has 182 valence electrons. The maximum absolute atomic E-state index is 11.0. The first-order valence-electron chi connectivity index (χ1n) is 12.3. The normalized spacial score (nSPS) is 26.8. The number of benzene rings is 1. The molecule has 2 saturated carbocycles. The minimum Gasteiger partial charge on any atom is -0.481 e. The van der Waals surface area contributed by atoms with E-state index < -0.39 is 18.2 Å². The first kappa shape index (κ1) is 26.4. The van der Waals surface area contributed by atoms with Crippen LogP contribution >= 0.6 is 23.2 Å². The maximum Gasteiger partial charge on any atom is 0.303 e. The van der Waals surface area contributed by atoms with Gasteiger partial charge in [-0.25, -0.2) is 0 Å². The van der Waals surface area contributed by atoms with Crippen molar-refractivity contribution in [2.45, 2.75) is 94.6 Å². The zero-order chi connectivity index (χ0) is 23.8. The number of carboxylic acids is 1. The van der Waals surface area contributed by atoms with Gasteiger partial charge in [-0.15, -0.1) is 17.5 Å². The maximum atomic E-state index is 11.0. The number of alkyl halides is 1. The fourth-order valence-corrected chi connectivity index (χ4v) is 5.98. The highest BCUT2D eigenvalue weighted by Crippen LogP contribution is 2.47. The second-order valence-electron chi connectivity index (χ2n) is 9.92. The minimum absolute atomic E-state index is 0.0916. The number of carboxylic acid groups (broad SMARTS) is 1. The van der Waals surface area contributed by atoms with Crippen molar-refractivity contribution in [1.29, 1.82) is 0 Å². The van der Waals surface area contributed by atoms with Gasteiger partial charge in [0.25, 0.3) is 0 Å². The highest BCUT2D eigenvalue weighted by molar-refractivity contribution is 6.30. The molecule has 3 rings (SSSR count). The molecule has 5 atom stereocenters. The quantitative estimate of drug-likeness (QED) is 0.205. The van der Waals surface area contributed by atoms with Crippen molar-refractivity contribution in [3.05, 3.63) is 34.9 Å².